The summed E-state index contributed by atoms with van der Waals surface area (Å²) in [6, 6.07) is 0. The lowest BCUT2D eigenvalue weighted by molar-refractivity contribution is -0.157. The first-order chi connectivity index (χ1) is 9.47. The average molecular weight is 308 g/mol. The summed E-state index contributed by atoms with van der Waals surface area (Å²) in [6.07, 6.45) is 3.25. The van der Waals surface area contributed by atoms with Crippen LogP contribution in [0, 0.1) is 0 Å². The van der Waals surface area contributed by atoms with E-state index >= 15 is 0 Å². The van der Waals surface area contributed by atoms with E-state index in [4.69, 9.17) is 18.3 Å². The van der Waals surface area contributed by atoms with Gasteiger partial charge in [0.05, 0.1) is 13.2 Å². The topological polar surface area (TPSA) is 71.1 Å². The van der Waals surface area contributed by atoms with Crippen molar-refractivity contribution in [3.05, 3.63) is 12.7 Å². The molecule has 0 radical (unpaired) electrons. The predicted molar refractivity (Wildman–Crippen MR) is 76.2 cm³/mol. The smallest absolute Gasteiger partial charge is 0.432 e. The van der Waals surface area contributed by atoms with Crippen LogP contribution in [-0.4, -0.2) is 25.5 Å². The fraction of sp³-hybridized carbons (Fsp3) is 0.769. The second kappa shape index (κ2) is 11.0. The third-order valence-corrected chi connectivity index (χ3v) is 3.77. The normalized spacial score (nSPS) is 12.9. The van der Waals surface area contributed by atoms with E-state index < -0.39 is 20.1 Å². The summed E-state index contributed by atoms with van der Waals surface area (Å²) in [5.41, 5.74) is 0. The second-order valence-corrected chi connectivity index (χ2v) is 5.76. The maximum absolute atomic E-state index is 12.4. The van der Waals surface area contributed by atoms with Gasteiger partial charge in [-0.2, -0.15) is 0 Å². The van der Waals surface area contributed by atoms with Crippen molar-refractivity contribution < 1.29 is 27.7 Å². The minimum Gasteiger partial charge on any atom is -0.432 e. The van der Waals surface area contributed by atoms with Crippen LogP contribution in [0.1, 0.15) is 46.5 Å². The molecule has 0 N–H and O–H groups in total. The molecule has 20 heavy (non-hydrogen) atoms. The van der Waals surface area contributed by atoms with Gasteiger partial charge in [0.25, 0.3) is 0 Å². The lowest BCUT2D eigenvalue weighted by Crippen LogP contribution is -2.17. The minimum atomic E-state index is -3.71. The zero-order valence-electron chi connectivity index (χ0n) is 12.5. The molecule has 0 aliphatic rings. The molecule has 0 fully saturated rings. The van der Waals surface area contributed by atoms with Crippen LogP contribution in [0.25, 0.3) is 0 Å². The van der Waals surface area contributed by atoms with Gasteiger partial charge in [-0.3, -0.25) is 9.05 Å². The SMILES string of the molecule is C=CC(=O)OC(C)OP(=O)(OCCCC)OCCCC. The highest BCUT2D eigenvalue weighted by Crippen LogP contribution is 2.51. The summed E-state index contributed by atoms with van der Waals surface area (Å²) in [6.45, 7) is 9.22. The molecule has 1 atom stereocenters. The lowest BCUT2D eigenvalue weighted by atomic mass is 10.4. The first-order valence-corrected chi connectivity index (χ1v) is 8.34. The van der Waals surface area contributed by atoms with E-state index in [-0.39, 0.29) is 13.2 Å². The van der Waals surface area contributed by atoms with E-state index in [9.17, 15) is 9.36 Å². The van der Waals surface area contributed by atoms with Crippen LogP contribution in [-0.2, 0) is 27.7 Å². The van der Waals surface area contributed by atoms with Crippen LogP contribution in [0.2, 0.25) is 0 Å². The molecule has 0 aromatic rings. The molecular weight excluding hydrogens is 283 g/mol. The van der Waals surface area contributed by atoms with Crippen LogP contribution < -0.4 is 0 Å². The largest absolute Gasteiger partial charge is 0.477 e. The Morgan fingerprint density at radius 1 is 1.20 bits per heavy atom. The summed E-state index contributed by atoms with van der Waals surface area (Å²) in [4.78, 5) is 11.0. The Kier molecular flexibility index (Phi) is 10.7. The highest BCUT2D eigenvalue weighted by Gasteiger charge is 2.30. The van der Waals surface area contributed by atoms with Crippen molar-refractivity contribution in [3.63, 3.8) is 0 Å². The van der Waals surface area contributed by atoms with Crippen molar-refractivity contribution in [3.8, 4) is 0 Å². The van der Waals surface area contributed by atoms with E-state index in [2.05, 4.69) is 6.58 Å². The summed E-state index contributed by atoms with van der Waals surface area (Å²) in [5.74, 6) is -0.661. The number of phosphoric acid groups is 1. The average Bonchev–Trinajstić information content (AvgIpc) is 2.39. The van der Waals surface area contributed by atoms with Gasteiger partial charge < -0.3 is 4.74 Å². The molecule has 0 rings (SSSR count). The van der Waals surface area contributed by atoms with Gasteiger partial charge in [0, 0.05) is 6.08 Å². The molecule has 0 aliphatic heterocycles. The molecule has 7 heteroatoms. The Morgan fingerprint density at radius 2 is 1.70 bits per heavy atom. The van der Waals surface area contributed by atoms with E-state index in [1.54, 1.807) is 0 Å². The number of hydrogen-bond donors (Lipinski definition) is 0. The van der Waals surface area contributed by atoms with Crippen molar-refractivity contribution in [1.82, 2.24) is 0 Å². The Balaban J connectivity index is 4.44. The van der Waals surface area contributed by atoms with Crippen molar-refractivity contribution in [2.24, 2.45) is 0 Å². The van der Waals surface area contributed by atoms with Gasteiger partial charge in [-0.05, 0) is 19.8 Å². The number of carbonyl (C=O) groups excluding carboxylic acids is 1. The predicted octanol–water partition coefficient (Wildman–Crippen LogP) is 3.82. The maximum Gasteiger partial charge on any atom is 0.477 e. The second-order valence-electron chi connectivity index (χ2n) is 4.13. The molecule has 0 saturated heterocycles. The van der Waals surface area contributed by atoms with Crippen molar-refractivity contribution in [1.29, 1.82) is 0 Å². The molecule has 0 heterocycles. The fourth-order valence-corrected chi connectivity index (χ4v) is 2.46. The molecular formula is C13H25O6P. The molecule has 0 spiro atoms. The lowest BCUT2D eigenvalue weighted by Gasteiger charge is -2.21. The molecule has 0 aromatic carbocycles. The Hall–Kier alpha value is -0.680. The van der Waals surface area contributed by atoms with Gasteiger partial charge in [0.2, 0.25) is 6.29 Å². The van der Waals surface area contributed by atoms with E-state index in [0.717, 1.165) is 31.8 Å². The zero-order valence-corrected chi connectivity index (χ0v) is 13.4. The van der Waals surface area contributed by atoms with Gasteiger partial charge >= 0.3 is 13.8 Å². The standard InChI is InChI=1S/C13H25O6P/c1-5-8-10-16-20(15,17-11-9-6-2)19-12(4)18-13(14)7-3/h7,12H,3,5-6,8-11H2,1-2,4H3. The number of hydrogen-bond acceptors (Lipinski definition) is 6. The summed E-state index contributed by atoms with van der Waals surface area (Å²) in [5, 5.41) is 0. The monoisotopic (exact) mass is 308 g/mol. The number of esters is 1. The van der Waals surface area contributed by atoms with Crippen LogP contribution in [0.4, 0.5) is 0 Å². The number of unbranched alkanes of at least 4 members (excludes halogenated alkanes) is 2. The fourth-order valence-electron chi connectivity index (χ4n) is 1.15. The Labute approximate surface area is 121 Å². The van der Waals surface area contributed by atoms with Crippen LogP contribution in [0.3, 0.4) is 0 Å². The molecule has 0 aliphatic carbocycles. The van der Waals surface area contributed by atoms with Gasteiger partial charge in [0.1, 0.15) is 0 Å². The molecule has 0 saturated carbocycles. The highest BCUT2D eigenvalue weighted by atomic mass is 31.2. The first kappa shape index (κ1) is 19.3. The molecule has 6 nitrogen and oxygen atoms in total. The van der Waals surface area contributed by atoms with E-state index in [1.807, 2.05) is 13.8 Å². The number of carbonyl (C=O) groups is 1. The van der Waals surface area contributed by atoms with Crippen LogP contribution in [0.5, 0.6) is 0 Å². The van der Waals surface area contributed by atoms with Crippen LogP contribution >= 0.6 is 7.82 Å². The Morgan fingerprint density at radius 3 is 2.10 bits per heavy atom. The maximum atomic E-state index is 12.4. The zero-order chi connectivity index (χ0) is 15.4. The molecule has 0 bridgehead atoms. The van der Waals surface area contributed by atoms with Crippen molar-refractivity contribution in [2.45, 2.75) is 52.7 Å². The first-order valence-electron chi connectivity index (χ1n) is 6.88. The number of ether oxygens (including phenoxy) is 1. The third kappa shape index (κ3) is 9.26. The molecule has 118 valence electrons. The summed E-state index contributed by atoms with van der Waals surface area (Å²) >= 11 is 0. The van der Waals surface area contributed by atoms with Crippen molar-refractivity contribution >= 4 is 13.8 Å². The summed E-state index contributed by atoms with van der Waals surface area (Å²) < 4.78 is 32.7. The van der Waals surface area contributed by atoms with Gasteiger partial charge in [-0.15, -0.1) is 0 Å². The third-order valence-electron chi connectivity index (χ3n) is 2.22. The van der Waals surface area contributed by atoms with Gasteiger partial charge in [-0.25, -0.2) is 13.9 Å². The van der Waals surface area contributed by atoms with E-state index in [1.165, 1.54) is 6.92 Å². The molecule has 0 aromatic heterocycles. The van der Waals surface area contributed by atoms with Crippen molar-refractivity contribution in [2.75, 3.05) is 13.2 Å². The van der Waals surface area contributed by atoms with E-state index in [0.29, 0.717) is 0 Å². The Bertz CT molecular complexity index is 317. The quantitative estimate of drug-likeness (QED) is 0.179. The van der Waals surface area contributed by atoms with Gasteiger partial charge in [-0.1, -0.05) is 33.3 Å². The number of phosphoric ester groups is 1. The molecule has 1 unspecified atom stereocenters. The summed E-state index contributed by atoms with van der Waals surface area (Å²) in [7, 11) is -3.71. The van der Waals surface area contributed by atoms with Crippen LogP contribution in [0.15, 0.2) is 12.7 Å². The number of rotatable bonds is 12. The van der Waals surface area contributed by atoms with Gasteiger partial charge in [0.15, 0.2) is 0 Å². The molecule has 0 amide bonds. The highest BCUT2D eigenvalue weighted by molar-refractivity contribution is 7.48. The minimum absolute atomic E-state index is 0.266.